The molecule has 5 heteroatoms. The Bertz CT molecular complexity index is 437. The molecule has 0 bridgehead atoms. The zero-order valence-electron chi connectivity index (χ0n) is 11.6. The number of amides is 1. The predicted molar refractivity (Wildman–Crippen MR) is 77.6 cm³/mol. The highest BCUT2D eigenvalue weighted by Crippen LogP contribution is 2.30. The van der Waals surface area contributed by atoms with Crippen molar-refractivity contribution in [2.75, 3.05) is 7.05 Å². The third kappa shape index (κ3) is 4.40. The lowest BCUT2D eigenvalue weighted by atomic mass is 10.0. The highest BCUT2D eigenvalue weighted by Gasteiger charge is 2.18. The van der Waals surface area contributed by atoms with Crippen LogP contribution in [0.2, 0.25) is 5.02 Å². The van der Waals surface area contributed by atoms with E-state index in [-0.39, 0.29) is 11.9 Å². The van der Waals surface area contributed by atoms with E-state index in [0.717, 1.165) is 12.0 Å². The number of nitrogens with one attached hydrogen (secondary N) is 1. The molecule has 106 valence electrons. The summed E-state index contributed by atoms with van der Waals surface area (Å²) in [5.74, 6) is 0.356. The quantitative estimate of drug-likeness (QED) is 0.841. The Morgan fingerprint density at radius 2 is 2.21 bits per heavy atom. The van der Waals surface area contributed by atoms with E-state index in [0.29, 0.717) is 17.2 Å². The van der Waals surface area contributed by atoms with Crippen molar-refractivity contribution in [2.24, 2.45) is 5.73 Å². The Balaban J connectivity index is 2.94. The largest absolute Gasteiger partial charge is 0.479 e. The molecule has 0 spiro atoms. The first kappa shape index (κ1) is 15.8. The molecule has 4 nitrogen and oxygen atoms in total. The van der Waals surface area contributed by atoms with Gasteiger partial charge in [-0.15, -0.1) is 0 Å². The average Bonchev–Trinajstić information content (AvgIpc) is 2.41. The SMILES string of the molecule is CCC(N)Cc1cccc(Cl)c1OC(C)C(=O)NC. The zero-order chi connectivity index (χ0) is 14.4. The van der Waals surface area contributed by atoms with Gasteiger partial charge in [-0.25, -0.2) is 0 Å². The van der Waals surface area contributed by atoms with E-state index in [1.165, 1.54) is 0 Å². The molecule has 0 aliphatic rings. The number of hydrogen-bond acceptors (Lipinski definition) is 3. The second kappa shape index (κ2) is 7.36. The molecular weight excluding hydrogens is 264 g/mol. The van der Waals surface area contributed by atoms with E-state index in [1.54, 1.807) is 20.0 Å². The maximum Gasteiger partial charge on any atom is 0.260 e. The Morgan fingerprint density at radius 1 is 1.53 bits per heavy atom. The first-order valence-corrected chi connectivity index (χ1v) is 6.78. The van der Waals surface area contributed by atoms with Gasteiger partial charge in [-0.05, 0) is 31.4 Å². The maximum absolute atomic E-state index is 11.5. The van der Waals surface area contributed by atoms with Crippen molar-refractivity contribution < 1.29 is 9.53 Å². The number of carbonyl (C=O) groups is 1. The Kier molecular flexibility index (Phi) is 6.12. The highest BCUT2D eigenvalue weighted by molar-refractivity contribution is 6.32. The summed E-state index contributed by atoms with van der Waals surface area (Å²) in [5, 5.41) is 3.04. The van der Waals surface area contributed by atoms with Crippen LogP contribution in [0.25, 0.3) is 0 Å². The minimum Gasteiger partial charge on any atom is -0.479 e. The monoisotopic (exact) mass is 284 g/mol. The number of hydrogen-bond donors (Lipinski definition) is 2. The summed E-state index contributed by atoms with van der Waals surface area (Å²) in [6.45, 7) is 3.72. The Morgan fingerprint density at radius 3 is 2.79 bits per heavy atom. The Hall–Kier alpha value is -1.26. The minimum atomic E-state index is -0.596. The zero-order valence-corrected chi connectivity index (χ0v) is 12.3. The molecule has 19 heavy (non-hydrogen) atoms. The standard InChI is InChI=1S/C14H21ClN2O2/c1-4-11(16)8-10-6-5-7-12(15)13(10)19-9(2)14(18)17-3/h5-7,9,11H,4,8,16H2,1-3H3,(H,17,18). The van der Waals surface area contributed by atoms with E-state index >= 15 is 0 Å². The van der Waals surface area contributed by atoms with Crippen LogP contribution in [0.4, 0.5) is 0 Å². The van der Waals surface area contributed by atoms with E-state index in [9.17, 15) is 4.79 Å². The minimum absolute atomic E-state index is 0.0520. The molecule has 0 saturated heterocycles. The lowest BCUT2D eigenvalue weighted by Crippen LogP contribution is -2.34. The molecule has 0 fully saturated rings. The van der Waals surface area contributed by atoms with Gasteiger partial charge in [0.1, 0.15) is 5.75 Å². The summed E-state index contributed by atoms with van der Waals surface area (Å²) in [4.78, 5) is 11.5. The van der Waals surface area contributed by atoms with Crippen molar-refractivity contribution in [2.45, 2.75) is 38.8 Å². The van der Waals surface area contributed by atoms with Crippen LogP contribution in [0.3, 0.4) is 0 Å². The predicted octanol–water partition coefficient (Wildman–Crippen LogP) is 2.13. The molecule has 0 aromatic heterocycles. The number of carbonyl (C=O) groups excluding carboxylic acids is 1. The van der Waals surface area contributed by atoms with Gasteiger partial charge >= 0.3 is 0 Å². The fraction of sp³-hybridized carbons (Fsp3) is 0.500. The molecule has 1 rings (SSSR count). The van der Waals surface area contributed by atoms with Gasteiger partial charge in [0.2, 0.25) is 0 Å². The topological polar surface area (TPSA) is 64.3 Å². The van der Waals surface area contributed by atoms with Crippen molar-refractivity contribution in [3.05, 3.63) is 28.8 Å². The molecule has 0 heterocycles. The van der Waals surface area contributed by atoms with Crippen molar-refractivity contribution in [3.63, 3.8) is 0 Å². The van der Waals surface area contributed by atoms with Gasteiger partial charge in [0.25, 0.3) is 5.91 Å². The number of ether oxygens (including phenoxy) is 1. The number of likely N-dealkylation sites (N-methyl/N-ethyl adjacent to an activating group) is 1. The van der Waals surface area contributed by atoms with Crippen molar-refractivity contribution in [1.82, 2.24) is 5.32 Å². The fourth-order valence-electron chi connectivity index (χ4n) is 1.71. The molecule has 1 amide bonds. The second-order valence-electron chi connectivity index (χ2n) is 4.47. The number of nitrogens with two attached hydrogens (primary N) is 1. The van der Waals surface area contributed by atoms with Crippen LogP contribution in [0.1, 0.15) is 25.8 Å². The molecule has 0 aliphatic carbocycles. The van der Waals surface area contributed by atoms with Crippen molar-refractivity contribution in [1.29, 1.82) is 0 Å². The van der Waals surface area contributed by atoms with Gasteiger partial charge < -0.3 is 15.8 Å². The summed E-state index contributed by atoms with van der Waals surface area (Å²) in [6.07, 6.45) is 0.950. The number of rotatable bonds is 6. The van der Waals surface area contributed by atoms with E-state index in [4.69, 9.17) is 22.1 Å². The number of benzene rings is 1. The van der Waals surface area contributed by atoms with Crippen LogP contribution >= 0.6 is 11.6 Å². The van der Waals surface area contributed by atoms with Crippen LogP contribution in [0.15, 0.2) is 18.2 Å². The third-order valence-electron chi connectivity index (χ3n) is 2.97. The average molecular weight is 285 g/mol. The number of halogens is 1. The molecule has 3 N–H and O–H groups in total. The number of para-hydroxylation sites is 1. The summed E-state index contributed by atoms with van der Waals surface area (Å²) < 4.78 is 5.67. The van der Waals surface area contributed by atoms with Gasteiger partial charge in [-0.2, -0.15) is 0 Å². The molecule has 1 aromatic carbocycles. The summed E-state index contributed by atoms with van der Waals surface area (Å²) in [5.41, 5.74) is 6.89. The Labute approximate surface area is 119 Å². The van der Waals surface area contributed by atoms with Crippen LogP contribution < -0.4 is 15.8 Å². The molecular formula is C14H21ClN2O2. The maximum atomic E-state index is 11.5. The lowest BCUT2D eigenvalue weighted by molar-refractivity contribution is -0.126. The smallest absolute Gasteiger partial charge is 0.260 e. The lowest BCUT2D eigenvalue weighted by Gasteiger charge is -2.19. The van der Waals surface area contributed by atoms with Crippen molar-refractivity contribution >= 4 is 17.5 Å². The van der Waals surface area contributed by atoms with Crippen LogP contribution in [0.5, 0.6) is 5.75 Å². The molecule has 0 radical (unpaired) electrons. The first-order valence-electron chi connectivity index (χ1n) is 6.40. The van der Waals surface area contributed by atoms with Crippen molar-refractivity contribution in [3.8, 4) is 5.75 Å². The van der Waals surface area contributed by atoms with Gasteiger partial charge in [-0.1, -0.05) is 30.7 Å². The normalized spacial score (nSPS) is 13.7. The van der Waals surface area contributed by atoms with E-state index in [1.807, 2.05) is 19.1 Å². The van der Waals surface area contributed by atoms with Crippen LogP contribution in [-0.4, -0.2) is 25.1 Å². The van der Waals surface area contributed by atoms with Gasteiger partial charge in [0.15, 0.2) is 6.10 Å². The fourth-order valence-corrected chi connectivity index (χ4v) is 1.95. The molecule has 1 aromatic rings. The van der Waals surface area contributed by atoms with E-state index in [2.05, 4.69) is 5.32 Å². The van der Waals surface area contributed by atoms with Crippen LogP contribution in [0, 0.1) is 0 Å². The van der Waals surface area contributed by atoms with E-state index < -0.39 is 6.10 Å². The van der Waals surface area contributed by atoms with Crippen LogP contribution in [-0.2, 0) is 11.2 Å². The molecule has 2 unspecified atom stereocenters. The third-order valence-corrected chi connectivity index (χ3v) is 3.26. The molecule has 2 atom stereocenters. The highest BCUT2D eigenvalue weighted by atomic mass is 35.5. The molecule has 0 saturated carbocycles. The van der Waals surface area contributed by atoms with Gasteiger partial charge in [-0.3, -0.25) is 4.79 Å². The van der Waals surface area contributed by atoms with Gasteiger partial charge in [0.05, 0.1) is 5.02 Å². The summed E-state index contributed by atoms with van der Waals surface area (Å²) >= 11 is 6.15. The first-order chi connectivity index (χ1) is 8.99. The molecule has 0 aliphatic heterocycles. The second-order valence-corrected chi connectivity index (χ2v) is 4.88. The summed E-state index contributed by atoms with van der Waals surface area (Å²) in [6, 6.07) is 5.58. The summed E-state index contributed by atoms with van der Waals surface area (Å²) in [7, 11) is 1.57. The van der Waals surface area contributed by atoms with Gasteiger partial charge in [0, 0.05) is 13.1 Å².